The van der Waals surface area contributed by atoms with Crippen LogP contribution in [0.25, 0.3) is 0 Å². The standard InChI is InChI=1S/C18H25NO4/c1-12(10-14-6-4-5-7-16(14)23-3)11-17(20)19(15-8-9-15)13(2)18(21)22/h4-7,12-13,15H,8-11H2,1-3H3,(H,21,22). The Bertz CT molecular complexity index is 568. The lowest BCUT2D eigenvalue weighted by Crippen LogP contribution is -2.45. The Balaban J connectivity index is 1.99. The van der Waals surface area contributed by atoms with Gasteiger partial charge in [-0.1, -0.05) is 25.1 Å². The van der Waals surface area contributed by atoms with E-state index in [-0.39, 0.29) is 17.9 Å². The molecule has 5 nitrogen and oxygen atoms in total. The minimum absolute atomic E-state index is 0.0650. The molecule has 0 spiro atoms. The third-order valence-corrected chi connectivity index (χ3v) is 4.29. The summed E-state index contributed by atoms with van der Waals surface area (Å²) in [6.45, 7) is 3.60. The Morgan fingerprint density at radius 2 is 1.96 bits per heavy atom. The topological polar surface area (TPSA) is 66.8 Å². The number of benzene rings is 1. The zero-order valence-corrected chi connectivity index (χ0v) is 14.0. The van der Waals surface area contributed by atoms with Crippen LogP contribution in [0, 0.1) is 5.92 Å². The summed E-state index contributed by atoms with van der Waals surface area (Å²) in [5, 5.41) is 9.21. The van der Waals surface area contributed by atoms with Crippen molar-refractivity contribution in [3.8, 4) is 5.75 Å². The molecule has 0 aliphatic heterocycles. The number of para-hydroxylation sites is 1. The maximum absolute atomic E-state index is 12.6. The van der Waals surface area contributed by atoms with Crippen molar-refractivity contribution in [1.29, 1.82) is 0 Å². The van der Waals surface area contributed by atoms with E-state index in [4.69, 9.17) is 4.74 Å². The molecule has 1 aromatic rings. The van der Waals surface area contributed by atoms with Crippen LogP contribution in [0.2, 0.25) is 0 Å². The van der Waals surface area contributed by atoms with Crippen LogP contribution in [-0.4, -0.2) is 41.1 Å². The highest BCUT2D eigenvalue weighted by atomic mass is 16.5. The Hall–Kier alpha value is -2.04. The molecule has 5 heteroatoms. The van der Waals surface area contributed by atoms with E-state index < -0.39 is 12.0 Å². The van der Waals surface area contributed by atoms with Crippen molar-refractivity contribution >= 4 is 11.9 Å². The lowest BCUT2D eigenvalue weighted by atomic mass is 9.96. The SMILES string of the molecule is COc1ccccc1CC(C)CC(=O)N(C1CC1)C(C)C(=O)O. The normalized spacial score (nSPS) is 16.5. The lowest BCUT2D eigenvalue weighted by molar-refractivity contribution is -0.150. The summed E-state index contributed by atoms with van der Waals surface area (Å²) in [5.74, 6) is -0.0572. The number of carbonyl (C=O) groups excluding carboxylic acids is 1. The van der Waals surface area contributed by atoms with Crippen LogP contribution in [0.5, 0.6) is 5.75 Å². The Morgan fingerprint density at radius 1 is 1.30 bits per heavy atom. The molecule has 1 amide bonds. The van der Waals surface area contributed by atoms with Crippen LogP contribution in [0.3, 0.4) is 0 Å². The summed E-state index contributed by atoms with van der Waals surface area (Å²) in [6, 6.07) is 7.13. The van der Waals surface area contributed by atoms with E-state index in [1.807, 2.05) is 31.2 Å². The predicted octanol–water partition coefficient (Wildman–Crippen LogP) is 2.73. The molecule has 1 saturated carbocycles. The molecule has 0 heterocycles. The zero-order chi connectivity index (χ0) is 17.0. The average molecular weight is 319 g/mol. The van der Waals surface area contributed by atoms with Gasteiger partial charge in [-0.05, 0) is 43.7 Å². The van der Waals surface area contributed by atoms with Crippen LogP contribution in [0.1, 0.15) is 38.7 Å². The molecule has 0 aromatic heterocycles. The van der Waals surface area contributed by atoms with Gasteiger partial charge >= 0.3 is 5.97 Å². The number of carboxylic acid groups (broad SMARTS) is 1. The number of nitrogens with zero attached hydrogens (tertiary/aromatic N) is 1. The van der Waals surface area contributed by atoms with E-state index in [1.165, 1.54) is 0 Å². The van der Waals surface area contributed by atoms with Crippen molar-refractivity contribution in [2.75, 3.05) is 7.11 Å². The maximum atomic E-state index is 12.6. The molecule has 126 valence electrons. The molecular formula is C18H25NO4. The molecule has 2 rings (SSSR count). The molecule has 23 heavy (non-hydrogen) atoms. The van der Waals surface area contributed by atoms with Crippen LogP contribution in [0.15, 0.2) is 24.3 Å². The minimum Gasteiger partial charge on any atom is -0.496 e. The predicted molar refractivity (Wildman–Crippen MR) is 87.4 cm³/mol. The smallest absolute Gasteiger partial charge is 0.326 e. The molecule has 2 unspecified atom stereocenters. The molecule has 0 bridgehead atoms. The van der Waals surface area contributed by atoms with Gasteiger partial charge in [-0.3, -0.25) is 4.79 Å². The maximum Gasteiger partial charge on any atom is 0.326 e. The highest BCUT2D eigenvalue weighted by Crippen LogP contribution is 2.30. The summed E-state index contributed by atoms with van der Waals surface area (Å²) >= 11 is 0. The van der Waals surface area contributed by atoms with Gasteiger partial charge in [0.25, 0.3) is 0 Å². The first kappa shape index (κ1) is 17.3. The Labute approximate surface area is 137 Å². The molecular weight excluding hydrogens is 294 g/mol. The lowest BCUT2D eigenvalue weighted by Gasteiger charge is -2.27. The number of ether oxygens (including phenoxy) is 1. The third-order valence-electron chi connectivity index (χ3n) is 4.29. The second-order valence-electron chi connectivity index (χ2n) is 6.37. The number of carboxylic acids is 1. The molecule has 1 aliphatic rings. The highest BCUT2D eigenvalue weighted by Gasteiger charge is 2.38. The second kappa shape index (κ2) is 7.49. The van der Waals surface area contributed by atoms with Crippen molar-refractivity contribution in [2.24, 2.45) is 5.92 Å². The first-order valence-electron chi connectivity index (χ1n) is 8.10. The number of rotatable bonds is 8. The average Bonchev–Trinajstić information content (AvgIpc) is 3.32. The Morgan fingerprint density at radius 3 is 2.52 bits per heavy atom. The zero-order valence-electron chi connectivity index (χ0n) is 14.0. The monoisotopic (exact) mass is 319 g/mol. The molecule has 1 N–H and O–H groups in total. The Kier molecular flexibility index (Phi) is 5.64. The van der Waals surface area contributed by atoms with Gasteiger partial charge in [-0.25, -0.2) is 4.79 Å². The summed E-state index contributed by atoms with van der Waals surface area (Å²) in [6.07, 6.45) is 2.90. The largest absolute Gasteiger partial charge is 0.496 e. The van der Waals surface area contributed by atoms with Crippen molar-refractivity contribution < 1.29 is 19.4 Å². The number of hydrogen-bond acceptors (Lipinski definition) is 3. The minimum atomic E-state index is -0.942. The summed E-state index contributed by atoms with van der Waals surface area (Å²) in [4.78, 5) is 25.3. The van der Waals surface area contributed by atoms with Crippen molar-refractivity contribution in [2.45, 2.75) is 51.6 Å². The van der Waals surface area contributed by atoms with Crippen LogP contribution < -0.4 is 4.74 Å². The van der Waals surface area contributed by atoms with Gasteiger partial charge in [0.1, 0.15) is 11.8 Å². The number of amides is 1. The molecule has 0 radical (unpaired) electrons. The van der Waals surface area contributed by atoms with Gasteiger partial charge in [0.15, 0.2) is 0 Å². The number of carbonyl (C=O) groups is 2. The van der Waals surface area contributed by atoms with E-state index in [0.717, 1.165) is 30.6 Å². The van der Waals surface area contributed by atoms with Gasteiger partial charge in [0.05, 0.1) is 7.11 Å². The van der Waals surface area contributed by atoms with Gasteiger partial charge < -0.3 is 14.7 Å². The first-order valence-corrected chi connectivity index (χ1v) is 8.10. The molecule has 1 aromatic carbocycles. The number of hydrogen-bond donors (Lipinski definition) is 1. The first-order chi connectivity index (χ1) is 10.9. The van der Waals surface area contributed by atoms with E-state index in [9.17, 15) is 14.7 Å². The van der Waals surface area contributed by atoms with Crippen LogP contribution in [-0.2, 0) is 16.0 Å². The van der Waals surface area contributed by atoms with Gasteiger partial charge in [-0.2, -0.15) is 0 Å². The summed E-state index contributed by atoms with van der Waals surface area (Å²) < 4.78 is 5.34. The van der Waals surface area contributed by atoms with Gasteiger partial charge in [-0.15, -0.1) is 0 Å². The molecule has 2 atom stereocenters. The van der Waals surface area contributed by atoms with Crippen LogP contribution in [0.4, 0.5) is 0 Å². The number of aliphatic carboxylic acids is 1. The van der Waals surface area contributed by atoms with E-state index >= 15 is 0 Å². The fourth-order valence-electron chi connectivity index (χ4n) is 2.93. The van der Waals surface area contributed by atoms with Crippen molar-refractivity contribution in [3.63, 3.8) is 0 Å². The molecule has 0 saturated heterocycles. The van der Waals surface area contributed by atoms with E-state index in [0.29, 0.717) is 6.42 Å². The third kappa shape index (κ3) is 4.47. The van der Waals surface area contributed by atoms with Gasteiger partial charge in [0, 0.05) is 12.5 Å². The highest BCUT2D eigenvalue weighted by molar-refractivity contribution is 5.84. The quantitative estimate of drug-likeness (QED) is 0.800. The van der Waals surface area contributed by atoms with Crippen molar-refractivity contribution in [1.82, 2.24) is 4.90 Å². The summed E-state index contributed by atoms with van der Waals surface area (Å²) in [7, 11) is 1.64. The second-order valence-corrected chi connectivity index (χ2v) is 6.37. The molecule has 1 fully saturated rings. The van der Waals surface area contributed by atoms with Gasteiger partial charge in [0.2, 0.25) is 5.91 Å². The fraction of sp³-hybridized carbons (Fsp3) is 0.556. The molecule has 1 aliphatic carbocycles. The van der Waals surface area contributed by atoms with E-state index in [2.05, 4.69) is 0 Å². The fourth-order valence-corrected chi connectivity index (χ4v) is 2.93. The van der Waals surface area contributed by atoms with Crippen LogP contribution >= 0.6 is 0 Å². The van der Waals surface area contributed by atoms with E-state index in [1.54, 1.807) is 18.9 Å². The summed E-state index contributed by atoms with van der Waals surface area (Å²) in [5.41, 5.74) is 1.07. The number of methoxy groups -OCH3 is 1. The van der Waals surface area contributed by atoms with Crippen molar-refractivity contribution in [3.05, 3.63) is 29.8 Å².